The van der Waals surface area contributed by atoms with Crippen LogP contribution in [0, 0.1) is 12.8 Å². The monoisotopic (exact) mass is 386 g/mol. The van der Waals surface area contributed by atoms with Gasteiger partial charge in [-0.05, 0) is 37.3 Å². The largest absolute Gasteiger partial charge is 0.493 e. The lowest BCUT2D eigenvalue weighted by atomic mass is 10.2. The van der Waals surface area contributed by atoms with E-state index in [1.807, 2.05) is 56.3 Å². The summed E-state index contributed by atoms with van der Waals surface area (Å²) in [6.45, 7) is 6.47. The van der Waals surface area contributed by atoms with Crippen LogP contribution < -0.4 is 10.1 Å². The van der Waals surface area contributed by atoms with Gasteiger partial charge in [-0.3, -0.25) is 4.79 Å². The maximum atomic E-state index is 11.8. The predicted octanol–water partition coefficient (Wildman–Crippen LogP) is 5.37. The van der Waals surface area contributed by atoms with Crippen molar-refractivity contribution in [2.45, 2.75) is 25.1 Å². The van der Waals surface area contributed by atoms with Crippen LogP contribution in [0.3, 0.4) is 0 Å². The first-order valence-corrected chi connectivity index (χ1v) is 10.4. The van der Waals surface area contributed by atoms with Crippen LogP contribution in [0.25, 0.3) is 10.2 Å². The molecule has 3 aromatic rings. The number of carbonyl (C=O) groups is 1. The zero-order chi connectivity index (χ0) is 18.5. The van der Waals surface area contributed by atoms with Crippen LogP contribution in [0.1, 0.15) is 19.4 Å². The van der Waals surface area contributed by atoms with Gasteiger partial charge in [0.15, 0.2) is 4.34 Å². The van der Waals surface area contributed by atoms with Crippen LogP contribution in [0.5, 0.6) is 5.75 Å². The van der Waals surface area contributed by atoms with Crippen molar-refractivity contribution in [1.82, 2.24) is 4.98 Å². The molecule has 0 aliphatic heterocycles. The molecule has 0 aliphatic rings. The molecular formula is C20H22N2O2S2. The number of thioether (sulfide) groups is 1. The summed E-state index contributed by atoms with van der Waals surface area (Å²) in [7, 11) is 0. The van der Waals surface area contributed by atoms with E-state index in [0.717, 1.165) is 31.7 Å². The number of nitrogens with zero attached hydrogens (tertiary/aromatic N) is 1. The number of anilines is 1. The maximum absolute atomic E-state index is 11.8. The number of hydrogen-bond donors (Lipinski definition) is 1. The van der Waals surface area contributed by atoms with Crippen molar-refractivity contribution in [3.63, 3.8) is 0 Å². The standard InChI is InChI=1S/C20H22N2O2S2/c1-13(2)19(23)21-15-6-9-17-18(12-15)26-20(22-17)25-11-10-24-16-7-4-14(3)5-8-16/h4-9,12-13H,10-11H2,1-3H3,(H,21,23). The molecule has 136 valence electrons. The molecule has 1 aromatic heterocycles. The minimum Gasteiger partial charge on any atom is -0.493 e. The second-order valence-corrected chi connectivity index (χ2v) is 8.69. The average molecular weight is 387 g/mol. The van der Waals surface area contributed by atoms with Gasteiger partial charge in [0.2, 0.25) is 5.91 Å². The predicted molar refractivity (Wildman–Crippen MR) is 110 cm³/mol. The number of nitrogens with one attached hydrogen (secondary N) is 1. The van der Waals surface area contributed by atoms with Crippen molar-refractivity contribution in [2.24, 2.45) is 5.92 Å². The molecule has 0 saturated heterocycles. The first-order valence-electron chi connectivity index (χ1n) is 8.55. The number of amides is 1. The Morgan fingerprint density at radius 2 is 2.00 bits per heavy atom. The van der Waals surface area contributed by atoms with Crippen LogP contribution in [-0.2, 0) is 4.79 Å². The molecule has 1 N–H and O–H groups in total. The highest BCUT2D eigenvalue weighted by molar-refractivity contribution is 8.01. The van der Waals surface area contributed by atoms with Gasteiger partial charge in [-0.15, -0.1) is 11.3 Å². The van der Waals surface area contributed by atoms with Crippen molar-refractivity contribution >= 4 is 44.9 Å². The fraction of sp³-hybridized carbons (Fsp3) is 0.300. The smallest absolute Gasteiger partial charge is 0.226 e. The third-order valence-electron chi connectivity index (χ3n) is 3.76. The Bertz CT molecular complexity index is 888. The van der Waals surface area contributed by atoms with Gasteiger partial charge in [-0.1, -0.05) is 43.3 Å². The zero-order valence-corrected chi connectivity index (χ0v) is 16.7. The number of ether oxygens (including phenoxy) is 1. The van der Waals surface area contributed by atoms with Crippen molar-refractivity contribution < 1.29 is 9.53 Å². The topological polar surface area (TPSA) is 51.2 Å². The summed E-state index contributed by atoms with van der Waals surface area (Å²) >= 11 is 3.33. The SMILES string of the molecule is Cc1ccc(OCCSc2nc3ccc(NC(=O)C(C)C)cc3s2)cc1. The van der Waals surface area contributed by atoms with Gasteiger partial charge in [0.25, 0.3) is 0 Å². The lowest BCUT2D eigenvalue weighted by Crippen LogP contribution is -2.17. The molecule has 0 spiro atoms. The molecule has 1 heterocycles. The van der Waals surface area contributed by atoms with E-state index >= 15 is 0 Å². The number of benzene rings is 2. The second-order valence-electron chi connectivity index (χ2n) is 6.32. The first-order chi connectivity index (χ1) is 12.5. The van der Waals surface area contributed by atoms with Crippen LogP contribution in [0.4, 0.5) is 5.69 Å². The molecule has 6 heteroatoms. The number of fused-ring (bicyclic) bond motifs is 1. The fourth-order valence-electron chi connectivity index (χ4n) is 2.25. The van der Waals surface area contributed by atoms with Crippen LogP contribution in [0.15, 0.2) is 46.8 Å². The minimum atomic E-state index is -0.0354. The van der Waals surface area contributed by atoms with E-state index in [1.54, 1.807) is 23.1 Å². The Balaban J connectivity index is 1.55. The average Bonchev–Trinajstić information content (AvgIpc) is 3.02. The van der Waals surface area contributed by atoms with Crippen molar-refractivity contribution in [3.8, 4) is 5.75 Å². The van der Waals surface area contributed by atoms with Crippen molar-refractivity contribution in [3.05, 3.63) is 48.0 Å². The van der Waals surface area contributed by atoms with Crippen LogP contribution >= 0.6 is 23.1 Å². The summed E-state index contributed by atoms with van der Waals surface area (Å²) in [5.41, 5.74) is 3.00. The van der Waals surface area contributed by atoms with Gasteiger partial charge in [0.05, 0.1) is 16.8 Å². The zero-order valence-electron chi connectivity index (χ0n) is 15.1. The number of carbonyl (C=O) groups excluding carboxylic acids is 1. The van der Waals surface area contributed by atoms with Crippen molar-refractivity contribution in [1.29, 1.82) is 0 Å². The highest BCUT2D eigenvalue weighted by atomic mass is 32.2. The molecule has 0 bridgehead atoms. The van der Waals surface area contributed by atoms with Gasteiger partial charge in [-0.2, -0.15) is 0 Å². The fourth-order valence-corrected chi connectivity index (χ4v) is 4.25. The highest BCUT2D eigenvalue weighted by Crippen LogP contribution is 2.31. The van der Waals surface area contributed by atoms with E-state index in [1.165, 1.54) is 5.56 Å². The molecule has 0 aliphatic carbocycles. The van der Waals surface area contributed by atoms with E-state index in [2.05, 4.69) is 17.2 Å². The molecule has 1 amide bonds. The minimum absolute atomic E-state index is 0.0247. The molecule has 0 unspecified atom stereocenters. The van der Waals surface area contributed by atoms with Crippen molar-refractivity contribution in [2.75, 3.05) is 17.7 Å². The normalized spacial score (nSPS) is 11.1. The summed E-state index contributed by atoms with van der Waals surface area (Å²) < 4.78 is 7.84. The number of thiazole rings is 1. The number of hydrogen-bond acceptors (Lipinski definition) is 5. The summed E-state index contributed by atoms with van der Waals surface area (Å²) in [5, 5.41) is 2.93. The van der Waals surface area contributed by atoms with Crippen LogP contribution in [0.2, 0.25) is 0 Å². The Labute approximate surface area is 162 Å². The number of rotatable bonds is 7. The van der Waals surface area contributed by atoms with Gasteiger partial charge < -0.3 is 10.1 Å². The van der Waals surface area contributed by atoms with E-state index in [-0.39, 0.29) is 11.8 Å². The van der Waals surface area contributed by atoms with E-state index < -0.39 is 0 Å². The summed E-state index contributed by atoms with van der Waals surface area (Å²) in [6.07, 6.45) is 0. The molecular weight excluding hydrogens is 364 g/mol. The molecule has 3 rings (SSSR count). The van der Waals surface area contributed by atoms with Gasteiger partial charge in [0, 0.05) is 17.4 Å². The van der Waals surface area contributed by atoms with Crippen LogP contribution in [-0.4, -0.2) is 23.3 Å². The third-order valence-corrected chi connectivity index (χ3v) is 5.88. The maximum Gasteiger partial charge on any atom is 0.226 e. The molecule has 0 fully saturated rings. The van der Waals surface area contributed by atoms with E-state index in [4.69, 9.17) is 4.74 Å². The van der Waals surface area contributed by atoms with Gasteiger partial charge >= 0.3 is 0 Å². The van der Waals surface area contributed by atoms with E-state index in [9.17, 15) is 4.79 Å². The van der Waals surface area contributed by atoms with Gasteiger partial charge in [0.1, 0.15) is 5.75 Å². The lowest BCUT2D eigenvalue weighted by Gasteiger charge is -2.06. The molecule has 0 radical (unpaired) electrons. The lowest BCUT2D eigenvalue weighted by molar-refractivity contribution is -0.118. The Kier molecular flexibility index (Phi) is 6.16. The summed E-state index contributed by atoms with van der Waals surface area (Å²) in [6, 6.07) is 13.9. The Hall–Kier alpha value is -2.05. The second kappa shape index (κ2) is 8.56. The first kappa shape index (κ1) is 18.7. The quantitative estimate of drug-likeness (QED) is 0.438. The number of aryl methyl sites for hydroxylation is 1. The molecule has 2 aromatic carbocycles. The molecule has 26 heavy (non-hydrogen) atoms. The Morgan fingerprint density at radius 3 is 2.73 bits per heavy atom. The molecule has 0 atom stereocenters. The summed E-state index contributed by atoms with van der Waals surface area (Å²) in [4.78, 5) is 16.5. The van der Waals surface area contributed by atoms with E-state index in [0.29, 0.717) is 6.61 Å². The third kappa shape index (κ3) is 4.99. The number of aromatic nitrogens is 1. The summed E-state index contributed by atoms with van der Waals surface area (Å²) in [5.74, 6) is 1.72. The Morgan fingerprint density at radius 1 is 1.23 bits per heavy atom. The molecule has 4 nitrogen and oxygen atoms in total. The highest BCUT2D eigenvalue weighted by Gasteiger charge is 2.09. The molecule has 0 saturated carbocycles. The van der Waals surface area contributed by atoms with Gasteiger partial charge in [-0.25, -0.2) is 4.98 Å².